The van der Waals surface area contributed by atoms with Crippen molar-refractivity contribution in [3.8, 4) is 0 Å². The summed E-state index contributed by atoms with van der Waals surface area (Å²) in [6.45, 7) is 5.21. The van der Waals surface area contributed by atoms with E-state index >= 15 is 0 Å². The number of aromatic nitrogens is 2. The number of hydrogen-bond donors (Lipinski definition) is 1. The largest absolute Gasteiger partial charge is 0.379 e. The maximum absolute atomic E-state index is 11.9. The second-order valence-electron chi connectivity index (χ2n) is 5.23. The molecule has 0 saturated heterocycles. The van der Waals surface area contributed by atoms with Gasteiger partial charge < -0.3 is 10.1 Å². The van der Waals surface area contributed by atoms with Crippen LogP contribution in [0.2, 0.25) is 0 Å². The molecule has 1 aliphatic heterocycles. The quantitative estimate of drug-likeness (QED) is 0.605. The third kappa shape index (κ3) is 4.57. The summed E-state index contributed by atoms with van der Waals surface area (Å²) in [5, 5.41) is 3.57. The Labute approximate surface area is 128 Å². The van der Waals surface area contributed by atoms with Crippen LogP contribution in [0.5, 0.6) is 0 Å². The molecular weight excluding hydrogens is 290 g/mol. The molecule has 2 heterocycles. The van der Waals surface area contributed by atoms with Gasteiger partial charge in [-0.2, -0.15) is 0 Å². The molecule has 7 heteroatoms. The van der Waals surface area contributed by atoms with Crippen LogP contribution in [-0.2, 0) is 9.53 Å². The number of ether oxygens (including phenoxy) is 1. The van der Waals surface area contributed by atoms with Crippen LogP contribution >= 0.6 is 11.8 Å². The van der Waals surface area contributed by atoms with E-state index in [0.29, 0.717) is 24.7 Å². The predicted molar refractivity (Wildman–Crippen MR) is 81.6 cm³/mol. The summed E-state index contributed by atoms with van der Waals surface area (Å²) in [4.78, 5) is 27.9. The lowest BCUT2D eigenvalue weighted by Gasteiger charge is -2.13. The molecule has 1 unspecified atom stereocenters. The molecule has 6 nitrogen and oxygen atoms in total. The summed E-state index contributed by atoms with van der Waals surface area (Å²) < 4.78 is 7.03. The molecule has 1 aliphatic rings. The molecule has 0 bridgehead atoms. The molecule has 116 valence electrons. The maximum Gasteiger partial charge on any atom is 0.254 e. The van der Waals surface area contributed by atoms with Crippen molar-refractivity contribution in [1.29, 1.82) is 0 Å². The Morgan fingerprint density at radius 3 is 3.19 bits per heavy atom. The van der Waals surface area contributed by atoms with Crippen molar-refractivity contribution in [2.75, 3.05) is 18.9 Å². The van der Waals surface area contributed by atoms with Gasteiger partial charge in [-0.15, -0.1) is 0 Å². The summed E-state index contributed by atoms with van der Waals surface area (Å²) >= 11 is 1.52. The molecule has 0 spiro atoms. The number of carbonyl (C=O) groups excluding carboxylic acids is 1. The topological polar surface area (TPSA) is 73.2 Å². The van der Waals surface area contributed by atoms with Gasteiger partial charge in [0.05, 0.1) is 12.1 Å². The third-order valence-electron chi connectivity index (χ3n) is 3.13. The molecule has 0 aliphatic carbocycles. The summed E-state index contributed by atoms with van der Waals surface area (Å²) in [5.74, 6) is 0.685. The fraction of sp³-hybridized carbons (Fsp3) is 0.643. The van der Waals surface area contributed by atoms with Crippen molar-refractivity contribution in [3.05, 3.63) is 22.6 Å². The molecule has 1 amide bonds. The van der Waals surface area contributed by atoms with Crippen LogP contribution in [0.25, 0.3) is 0 Å². The van der Waals surface area contributed by atoms with Crippen molar-refractivity contribution < 1.29 is 9.53 Å². The first-order chi connectivity index (χ1) is 10.1. The summed E-state index contributed by atoms with van der Waals surface area (Å²) in [6, 6.07) is 1.34. The summed E-state index contributed by atoms with van der Waals surface area (Å²) in [7, 11) is 0. The van der Waals surface area contributed by atoms with Crippen LogP contribution in [0.4, 0.5) is 0 Å². The highest BCUT2D eigenvalue weighted by Gasteiger charge is 2.26. The van der Waals surface area contributed by atoms with Gasteiger partial charge in [0.25, 0.3) is 5.56 Å². The van der Waals surface area contributed by atoms with E-state index in [4.69, 9.17) is 4.74 Å². The number of amides is 1. The van der Waals surface area contributed by atoms with E-state index < -0.39 is 0 Å². The fourth-order valence-electron chi connectivity index (χ4n) is 2.15. The maximum atomic E-state index is 11.9. The van der Waals surface area contributed by atoms with Gasteiger partial charge in [0, 0.05) is 37.6 Å². The van der Waals surface area contributed by atoms with Gasteiger partial charge in [-0.1, -0.05) is 11.8 Å². The molecule has 0 fully saturated rings. The number of rotatable bonds is 7. The minimum absolute atomic E-state index is 0.0336. The van der Waals surface area contributed by atoms with Crippen molar-refractivity contribution in [1.82, 2.24) is 14.9 Å². The lowest BCUT2D eigenvalue weighted by atomic mass is 10.2. The Morgan fingerprint density at radius 1 is 1.62 bits per heavy atom. The van der Waals surface area contributed by atoms with Crippen molar-refractivity contribution in [3.63, 3.8) is 0 Å². The SMILES string of the molecule is CC(C)OCCCNC(=O)CC1CSc2nccc(=O)n21. The van der Waals surface area contributed by atoms with Gasteiger partial charge in [-0.05, 0) is 20.3 Å². The molecule has 0 saturated carbocycles. The number of thioether (sulfide) groups is 1. The average Bonchev–Trinajstić information content (AvgIpc) is 2.82. The molecule has 2 rings (SSSR count). The van der Waals surface area contributed by atoms with Gasteiger partial charge in [0.1, 0.15) is 0 Å². The normalized spacial score (nSPS) is 17.0. The lowest BCUT2D eigenvalue weighted by molar-refractivity contribution is -0.121. The highest BCUT2D eigenvalue weighted by atomic mass is 32.2. The van der Waals surface area contributed by atoms with Crippen LogP contribution in [0, 0.1) is 0 Å². The molecular formula is C14H21N3O3S. The summed E-state index contributed by atoms with van der Waals surface area (Å²) in [5.41, 5.74) is -0.0897. The van der Waals surface area contributed by atoms with E-state index in [1.165, 1.54) is 24.0 Å². The Morgan fingerprint density at radius 2 is 2.43 bits per heavy atom. The van der Waals surface area contributed by atoms with E-state index in [-0.39, 0.29) is 23.6 Å². The Kier molecular flexibility index (Phi) is 5.81. The molecule has 1 aromatic rings. The zero-order valence-electron chi connectivity index (χ0n) is 12.4. The smallest absolute Gasteiger partial charge is 0.254 e. The standard InChI is InChI=1S/C14H21N3O3S/c1-10(2)20-7-3-5-15-12(18)8-11-9-21-14-16-6-4-13(19)17(11)14/h4,6,10-11H,3,5,7-9H2,1-2H3,(H,15,18). The second-order valence-corrected chi connectivity index (χ2v) is 6.21. The van der Waals surface area contributed by atoms with Crippen LogP contribution in [0.15, 0.2) is 22.2 Å². The van der Waals surface area contributed by atoms with E-state index in [0.717, 1.165) is 12.2 Å². The van der Waals surface area contributed by atoms with Crippen LogP contribution < -0.4 is 10.9 Å². The molecule has 0 aromatic carbocycles. The van der Waals surface area contributed by atoms with Gasteiger partial charge in [-0.25, -0.2) is 4.98 Å². The van der Waals surface area contributed by atoms with Gasteiger partial charge in [-0.3, -0.25) is 14.2 Å². The highest BCUT2D eigenvalue weighted by Crippen LogP contribution is 2.31. The van der Waals surface area contributed by atoms with Gasteiger partial charge >= 0.3 is 0 Å². The fourth-order valence-corrected chi connectivity index (χ4v) is 3.27. The Hall–Kier alpha value is -1.34. The van der Waals surface area contributed by atoms with Crippen molar-refractivity contribution in [2.45, 2.75) is 44.0 Å². The highest BCUT2D eigenvalue weighted by molar-refractivity contribution is 7.99. The Bertz CT molecular complexity index is 545. The van der Waals surface area contributed by atoms with Crippen molar-refractivity contribution >= 4 is 17.7 Å². The molecule has 1 atom stereocenters. The minimum atomic E-state index is -0.0990. The first-order valence-corrected chi connectivity index (χ1v) is 8.15. The van der Waals surface area contributed by atoms with Crippen molar-refractivity contribution in [2.24, 2.45) is 0 Å². The molecule has 1 aromatic heterocycles. The zero-order valence-corrected chi connectivity index (χ0v) is 13.2. The molecule has 1 N–H and O–H groups in total. The average molecular weight is 311 g/mol. The van der Waals surface area contributed by atoms with E-state index in [2.05, 4.69) is 10.3 Å². The van der Waals surface area contributed by atoms with E-state index in [9.17, 15) is 9.59 Å². The zero-order chi connectivity index (χ0) is 15.2. The molecule has 0 radical (unpaired) electrons. The van der Waals surface area contributed by atoms with E-state index in [1.807, 2.05) is 13.8 Å². The minimum Gasteiger partial charge on any atom is -0.379 e. The number of nitrogens with one attached hydrogen (secondary N) is 1. The van der Waals surface area contributed by atoms with Crippen LogP contribution in [0.1, 0.15) is 32.7 Å². The number of carbonyl (C=O) groups is 1. The van der Waals surface area contributed by atoms with Gasteiger partial charge in [0.15, 0.2) is 5.16 Å². The first-order valence-electron chi connectivity index (χ1n) is 7.16. The third-order valence-corrected chi connectivity index (χ3v) is 4.24. The monoisotopic (exact) mass is 311 g/mol. The van der Waals surface area contributed by atoms with Crippen LogP contribution in [-0.4, -0.2) is 40.5 Å². The number of nitrogens with zero attached hydrogens (tertiary/aromatic N) is 2. The van der Waals surface area contributed by atoms with E-state index in [1.54, 1.807) is 4.57 Å². The summed E-state index contributed by atoms with van der Waals surface area (Å²) in [6.07, 6.45) is 2.84. The van der Waals surface area contributed by atoms with Gasteiger partial charge in [0.2, 0.25) is 5.91 Å². The first kappa shape index (κ1) is 16.0. The number of hydrogen-bond acceptors (Lipinski definition) is 5. The molecule has 21 heavy (non-hydrogen) atoms. The Balaban J connectivity index is 1.76. The van der Waals surface area contributed by atoms with Crippen LogP contribution in [0.3, 0.4) is 0 Å². The predicted octanol–water partition coefficient (Wildman–Crippen LogP) is 1.21. The number of fused-ring (bicyclic) bond motifs is 1. The lowest BCUT2D eigenvalue weighted by Crippen LogP contribution is -2.31. The second kappa shape index (κ2) is 7.61.